The third kappa shape index (κ3) is 3.25. The van der Waals surface area contributed by atoms with Crippen LogP contribution in [0.1, 0.15) is 24.1 Å². The lowest BCUT2D eigenvalue weighted by atomic mass is 9.99. The Balaban J connectivity index is 2.27. The number of hydrogen-bond donors (Lipinski definition) is 1. The van der Waals surface area contributed by atoms with Gasteiger partial charge in [0.1, 0.15) is 11.6 Å². The second-order valence-electron chi connectivity index (χ2n) is 4.15. The first-order valence-corrected chi connectivity index (χ1v) is 6.43. The molecule has 2 N–H and O–H groups in total. The second-order valence-corrected chi connectivity index (χ2v) is 4.55. The molecule has 2 rings (SSSR count). The van der Waals surface area contributed by atoms with Crippen LogP contribution in [0.15, 0.2) is 42.5 Å². The molecule has 0 radical (unpaired) electrons. The summed E-state index contributed by atoms with van der Waals surface area (Å²) in [5.74, 6) is 0.435. The molecule has 100 valence electrons. The molecule has 0 bridgehead atoms. The van der Waals surface area contributed by atoms with E-state index < -0.39 is 6.04 Å². The Morgan fingerprint density at radius 2 is 1.89 bits per heavy atom. The first-order chi connectivity index (χ1) is 9.11. The molecule has 4 heteroatoms. The molecule has 0 saturated carbocycles. The Morgan fingerprint density at radius 1 is 1.21 bits per heavy atom. The minimum Gasteiger partial charge on any atom is -0.494 e. The molecule has 0 aliphatic carbocycles. The fourth-order valence-corrected chi connectivity index (χ4v) is 2.11. The van der Waals surface area contributed by atoms with Crippen LogP contribution in [0.4, 0.5) is 4.39 Å². The Bertz CT molecular complexity index is 557. The van der Waals surface area contributed by atoms with Crippen molar-refractivity contribution < 1.29 is 9.13 Å². The van der Waals surface area contributed by atoms with Crippen LogP contribution in [0.5, 0.6) is 5.75 Å². The Morgan fingerprint density at radius 3 is 2.53 bits per heavy atom. The fourth-order valence-electron chi connectivity index (χ4n) is 1.87. The number of ether oxygens (including phenoxy) is 1. The summed E-state index contributed by atoms with van der Waals surface area (Å²) < 4.78 is 18.6. The summed E-state index contributed by atoms with van der Waals surface area (Å²) in [6, 6.07) is 11.1. The van der Waals surface area contributed by atoms with Crippen molar-refractivity contribution >= 4 is 11.6 Å². The molecule has 0 saturated heterocycles. The second kappa shape index (κ2) is 6.04. The van der Waals surface area contributed by atoms with Gasteiger partial charge in [-0.3, -0.25) is 0 Å². The Labute approximate surface area is 117 Å². The predicted molar refractivity (Wildman–Crippen MR) is 75.1 cm³/mol. The van der Waals surface area contributed by atoms with Gasteiger partial charge < -0.3 is 10.5 Å². The lowest BCUT2D eigenvalue weighted by Crippen LogP contribution is -2.12. The third-order valence-electron chi connectivity index (χ3n) is 2.84. The van der Waals surface area contributed by atoms with Gasteiger partial charge in [-0.15, -0.1) is 0 Å². The maximum Gasteiger partial charge on any atom is 0.123 e. The van der Waals surface area contributed by atoms with E-state index in [9.17, 15) is 4.39 Å². The zero-order valence-corrected chi connectivity index (χ0v) is 11.3. The molecule has 0 aromatic heterocycles. The zero-order valence-electron chi connectivity index (χ0n) is 10.6. The van der Waals surface area contributed by atoms with Gasteiger partial charge in [0.15, 0.2) is 0 Å². The van der Waals surface area contributed by atoms with E-state index in [2.05, 4.69) is 0 Å². The first kappa shape index (κ1) is 13.8. The van der Waals surface area contributed by atoms with Gasteiger partial charge in [-0.05, 0) is 48.4 Å². The van der Waals surface area contributed by atoms with Gasteiger partial charge in [0.2, 0.25) is 0 Å². The van der Waals surface area contributed by atoms with E-state index in [4.69, 9.17) is 22.1 Å². The van der Waals surface area contributed by atoms with E-state index in [0.29, 0.717) is 17.2 Å². The molecule has 2 aromatic rings. The van der Waals surface area contributed by atoms with Gasteiger partial charge in [0.05, 0.1) is 12.6 Å². The third-order valence-corrected chi connectivity index (χ3v) is 3.19. The van der Waals surface area contributed by atoms with E-state index in [-0.39, 0.29) is 5.82 Å². The van der Waals surface area contributed by atoms with Crippen molar-refractivity contribution in [3.8, 4) is 5.75 Å². The molecule has 0 aliphatic heterocycles. The van der Waals surface area contributed by atoms with Crippen LogP contribution in [0.25, 0.3) is 0 Å². The lowest BCUT2D eigenvalue weighted by Gasteiger charge is -2.15. The van der Waals surface area contributed by atoms with Gasteiger partial charge in [-0.2, -0.15) is 0 Å². The van der Waals surface area contributed by atoms with Gasteiger partial charge in [-0.1, -0.05) is 23.7 Å². The van der Waals surface area contributed by atoms with E-state index in [1.165, 1.54) is 18.2 Å². The van der Waals surface area contributed by atoms with Crippen molar-refractivity contribution in [3.05, 3.63) is 64.4 Å². The smallest absolute Gasteiger partial charge is 0.123 e. The van der Waals surface area contributed by atoms with Crippen molar-refractivity contribution in [1.82, 2.24) is 0 Å². The highest BCUT2D eigenvalue weighted by Crippen LogP contribution is 2.28. The van der Waals surface area contributed by atoms with Crippen LogP contribution >= 0.6 is 11.6 Å². The summed E-state index contributed by atoms with van der Waals surface area (Å²) in [6.07, 6.45) is 0. The van der Waals surface area contributed by atoms with Crippen LogP contribution in [0.2, 0.25) is 5.02 Å². The van der Waals surface area contributed by atoms with E-state index in [0.717, 1.165) is 11.3 Å². The zero-order chi connectivity index (χ0) is 13.8. The van der Waals surface area contributed by atoms with Crippen molar-refractivity contribution in [2.24, 2.45) is 5.73 Å². The van der Waals surface area contributed by atoms with Crippen LogP contribution < -0.4 is 10.5 Å². The van der Waals surface area contributed by atoms with Crippen molar-refractivity contribution in [1.29, 1.82) is 0 Å². The normalized spacial score (nSPS) is 12.2. The molecule has 2 aromatic carbocycles. The first-order valence-electron chi connectivity index (χ1n) is 6.05. The van der Waals surface area contributed by atoms with Crippen LogP contribution in [-0.2, 0) is 0 Å². The molecule has 1 unspecified atom stereocenters. The molecule has 0 fully saturated rings. The van der Waals surface area contributed by atoms with Crippen molar-refractivity contribution in [2.75, 3.05) is 6.61 Å². The summed E-state index contributed by atoms with van der Waals surface area (Å²) in [6.45, 7) is 2.54. The molecular formula is C15H15ClFNO. The monoisotopic (exact) mass is 279 g/mol. The van der Waals surface area contributed by atoms with E-state index in [1.807, 2.05) is 31.2 Å². The molecule has 0 amide bonds. The Kier molecular flexibility index (Phi) is 4.40. The standard InChI is InChI=1S/C15H15ClFNO/c1-2-19-12-6-3-10(4-7-12)15(18)13-9-11(17)5-8-14(13)16/h3-9,15H,2,18H2,1H3. The van der Waals surface area contributed by atoms with Gasteiger partial charge in [0.25, 0.3) is 0 Å². The van der Waals surface area contributed by atoms with Gasteiger partial charge >= 0.3 is 0 Å². The molecule has 1 atom stereocenters. The average molecular weight is 280 g/mol. The van der Waals surface area contributed by atoms with Crippen LogP contribution in [-0.4, -0.2) is 6.61 Å². The Hall–Kier alpha value is -1.58. The maximum atomic E-state index is 13.3. The number of halogens is 2. The summed E-state index contributed by atoms with van der Waals surface area (Å²) in [5, 5.41) is 0.461. The number of hydrogen-bond acceptors (Lipinski definition) is 2. The van der Waals surface area contributed by atoms with Gasteiger partial charge in [0, 0.05) is 5.02 Å². The van der Waals surface area contributed by atoms with Crippen LogP contribution in [0.3, 0.4) is 0 Å². The SMILES string of the molecule is CCOc1ccc(C(N)c2cc(F)ccc2Cl)cc1. The maximum absolute atomic E-state index is 13.3. The van der Waals surface area contributed by atoms with Crippen LogP contribution in [0, 0.1) is 5.82 Å². The minimum absolute atomic E-state index is 0.346. The number of benzene rings is 2. The number of rotatable bonds is 4. The van der Waals surface area contributed by atoms with Gasteiger partial charge in [-0.25, -0.2) is 4.39 Å². The lowest BCUT2D eigenvalue weighted by molar-refractivity contribution is 0.340. The minimum atomic E-state index is -0.459. The summed E-state index contributed by atoms with van der Waals surface area (Å²) in [5.41, 5.74) is 7.55. The molecule has 2 nitrogen and oxygen atoms in total. The molecule has 0 spiro atoms. The fraction of sp³-hybridized carbons (Fsp3) is 0.200. The molecule has 19 heavy (non-hydrogen) atoms. The predicted octanol–water partition coefficient (Wildman–Crippen LogP) is 3.93. The largest absolute Gasteiger partial charge is 0.494 e. The van der Waals surface area contributed by atoms with E-state index >= 15 is 0 Å². The average Bonchev–Trinajstić information content (AvgIpc) is 2.42. The summed E-state index contributed by atoms with van der Waals surface area (Å²) in [4.78, 5) is 0. The topological polar surface area (TPSA) is 35.2 Å². The molecule has 0 aliphatic rings. The molecule has 0 heterocycles. The quantitative estimate of drug-likeness (QED) is 0.920. The molecular weight excluding hydrogens is 265 g/mol. The van der Waals surface area contributed by atoms with E-state index in [1.54, 1.807) is 0 Å². The summed E-state index contributed by atoms with van der Waals surface area (Å²) in [7, 11) is 0. The summed E-state index contributed by atoms with van der Waals surface area (Å²) >= 11 is 6.05. The number of nitrogens with two attached hydrogens (primary N) is 1. The van der Waals surface area contributed by atoms with Crippen molar-refractivity contribution in [2.45, 2.75) is 13.0 Å². The highest BCUT2D eigenvalue weighted by Gasteiger charge is 2.13. The highest BCUT2D eigenvalue weighted by atomic mass is 35.5. The van der Waals surface area contributed by atoms with Crippen molar-refractivity contribution in [3.63, 3.8) is 0 Å². The highest BCUT2D eigenvalue weighted by molar-refractivity contribution is 6.31.